The van der Waals surface area contributed by atoms with Gasteiger partial charge in [0.25, 0.3) is 0 Å². The Morgan fingerprint density at radius 3 is 2.50 bits per heavy atom. The van der Waals surface area contributed by atoms with E-state index in [0.717, 1.165) is 24.3 Å². The molecule has 0 radical (unpaired) electrons. The minimum Gasteiger partial charge on any atom is -0.309 e. The molecule has 3 heteroatoms. The number of nitriles is 1. The first-order chi connectivity index (χ1) is 10.7. The van der Waals surface area contributed by atoms with Gasteiger partial charge in [0.2, 0.25) is 0 Å². The van der Waals surface area contributed by atoms with E-state index in [1.165, 1.54) is 16.0 Å². The molecule has 0 aliphatic carbocycles. The van der Waals surface area contributed by atoms with Crippen LogP contribution in [0.3, 0.4) is 0 Å². The average molecular weight is 308 g/mol. The third-order valence-electron chi connectivity index (χ3n) is 4.33. The van der Waals surface area contributed by atoms with Crippen LogP contribution in [0.1, 0.15) is 23.1 Å². The fourth-order valence-corrected chi connectivity index (χ4v) is 4.28. The summed E-state index contributed by atoms with van der Waals surface area (Å²) in [5.41, 5.74) is 3.07. The Bertz CT molecular complexity index is 668. The average Bonchev–Trinajstić information content (AvgIpc) is 2.68. The third-order valence-corrected chi connectivity index (χ3v) is 5.45. The molecular weight excluding hydrogens is 288 g/mol. The molecule has 0 N–H and O–H groups in total. The SMILES string of the molecule is CN(C)CCC1(C#N)c2ccccc2CSc2ccccc21. The van der Waals surface area contributed by atoms with E-state index < -0.39 is 5.41 Å². The van der Waals surface area contributed by atoms with Gasteiger partial charge in [0.15, 0.2) is 0 Å². The largest absolute Gasteiger partial charge is 0.309 e. The summed E-state index contributed by atoms with van der Waals surface area (Å²) in [6.07, 6.45) is 0.811. The molecule has 0 spiro atoms. The summed E-state index contributed by atoms with van der Waals surface area (Å²) >= 11 is 1.84. The predicted molar refractivity (Wildman–Crippen MR) is 92.0 cm³/mol. The van der Waals surface area contributed by atoms with Gasteiger partial charge < -0.3 is 4.90 Å². The van der Waals surface area contributed by atoms with Gasteiger partial charge in [-0.15, -0.1) is 11.8 Å². The van der Waals surface area contributed by atoms with Crippen LogP contribution in [0.25, 0.3) is 0 Å². The molecule has 22 heavy (non-hydrogen) atoms. The fourth-order valence-electron chi connectivity index (χ4n) is 3.15. The van der Waals surface area contributed by atoms with Gasteiger partial charge in [-0.05, 0) is 49.8 Å². The van der Waals surface area contributed by atoms with Gasteiger partial charge in [0, 0.05) is 10.6 Å². The van der Waals surface area contributed by atoms with E-state index in [1.54, 1.807) is 0 Å². The molecule has 112 valence electrons. The van der Waals surface area contributed by atoms with Gasteiger partial charge in [-0.3, -0.25) is 0 Å². The smallest absolute Gasteiger partial charge is 0.110 e. The van der Waals surface area contributed by atoms with Crippen molar-refractivity contribution in [2.75, 3.05) is 20.6 Å². The summed E-state index contributed by atoms with van der Waals surface area (Å²) in [5, 5.41) is 10.2. The van der Waals surface area contributed by atoms with E-state index in [9.17, 15) is 5.26 Å². The van der Waals surface area contributed by atoms with Crippen LogP contribution in [0.4, 0.5) is 0 Å². The molecule has 0 amide bonds. The van der Waals surface area contributed by atoms with Gasteiger partial charge in [-0.1, -0.05) is 42.5 Å². The van der Waals surface area contributed by atoms with E-state index in [0.29, 0.717) is 0 Å². The first-order valence-electron chi connectivity index (χ1n) is 7.54. The zero-order chi connectivity index (χ0) is 15.6. The lowest BCUT2D eigenvalue weighted by Crippen LogP contribution is -2.31. The van der Waals surface area contributed by atoms with Crippen LogP contribution in [-0.2, 0) is 11.2 Å². The lowest BCUT2D eigenvalue weighted by Gasteiger charge is -2.30. The van der Waals surface area contributed by atoms with E-state index >= 15 is 0 Å². The quantitative estimate of drug-likeness (QED) is 0.856. The van der Waals surface area contributed by atoms with E-state index in [2.05, 4.69) is 73.6 Å². The molecule has 1 aliphatic rings. The topological polar surface area (TPSA) is 27.0 Å². The van der Waals surface area contributed by atoms with Gasteiger partial charge >= 0.3 is 0 Å². The standard InChI is InChI=1S/C19H20N2S/c1-21(2)12-11-19(14-20)16-8-4-3-7-15(16)13-22-18-10-6-5-9-17(18)19/h3-10H,11-13H2,1-2H3. The molecule has 2 aromatic rings. The molecule has 1 unspecified atom stereocenters. The summed E-state index contributed by atoms with van der Waals surface area (Å²) in [5.74, 6) is 0.929. The molecule has 2 aromatic carbocycles. The molecular formula is C19H20N2S. The number of hydrogen-bond acceptors (Lipinski definition) is 3. The maximum Gasteiger partial charge on any atom is 0.110 e. The first kappa shape index (κ1) is 15.1. The molecule has 1 heterocycles. The molecule has 1 aliphatic heterocycles. The van der Waals surface area contributed by atoms with Crippen LogP contribution in [0.5, 0.6) is 0 Å². The van der Waals surface area contributed by atoms with Crippen molar-refractivity contribution >= 4 is 11.8 Å². The second kappa shape index (κ2) is 6.16. The number of benzene rings is 2. The number of hydrogen-bond donors (Lipinski definition) is 0. The molecule has 0 fully saturated rings. The van der Waals surface area contributed by atoms with E-state index in [-0.39, 0.29) is 0 Å². The van der Waals surface area contributed by atoms with Crippen molar-refractivity contribution in [3.63, 3.8) is 0 Å². The minimum atomic E-state index is -0.555. The normalized spacial score (nSPS) is 19.9. The summed E-state index contributed by atoms with van der Waals surface area (Å²) in [7, 11) is 4.13. The predicted octanol–water partition coefficient (Wildman–Crippen LogP) is 4.05. The zero-order valence-electron chi connectivity index (χ0n) is 13.0. The summed E-state index contributed by atoms with van der Waals surface area (Å²) in [6, 6.07) is 19.5. The summed E-state index contributed by atoms with van der Waals surface area (Å²) in [6.45, 7) is 0.890. The number of nitrogens with zero attached hydrogens (tertiary/aromatic N) is 2. The Labute approximate surface area is 136 Å². The van der Waals surface area contributed by atoms with Crippen molar-refractivity contribution in [1.29, 1.82) is 5.26 Å². The van der Waals surface area contributed by atoms with Gasteiger partial charge in [-0.2, -0.15) is 5.26 Å². The zero-order valence-corrected chi connectivity index (χ0v) is 13.9. The van der Waals surface area contributed by atoms with E-state index in [4.69, 9.17) is 0 Å². The molecule has 0 saturated carbocycles. The molecule has 0 saturated heterocycles. The van der Waals surface area contributed by atoms with Crippen molar-refractivity contribution in [2.24, 2.45) is 0 Å². The van der Waals surface area contributed by atoms with Crippen LogP contribution < -0.4 is 0 Å². The number of thioether (sulfide) groups is 1. The van der Waals surface area contributed by atoms with Crippen LogP contribution in [0, 0.1) is 11.3 Å². The highest BCUT2D eigenvalue weighted by molar-refractivity contribution is 7.98. The maximum absolute atomic E-state index is 10.2. The number of fused-ring (bicyclic) bond motifs is 2. The lowest BCUT2D eigenvalue weighted by atomic mass is 9.71. The molecule has 3 rings (SSSR count). The van der Waals surface area contributed by atoms with Crippen molar-refractivity contribution in [3.05, 3.63) is 65.2 Å². The fraction of sp³-hybridized carbons (Fsp3) is 0.316. The maximum atomic E-state index is 10.2. The van der Waals surface area contributed by atoms with E-state index in [1.807, 2.05) is 11.8 Å². The van der Waals surface area contributed by atoms with Crippen LogP contribution >= 0.6 is 11.8 Å². The van der Waals surface area contributed by atoms with Gasteiger partial charge in [-0.25, -0.2) is 0 Å². The van der Waals surface area contributed by atoms with Gasteiger partial charge in [0.05, 0.1) is 6.07 Å². The van der Waals surface area contributed by atoms with Crippen molar-refractivity contribution in [1.82, 2.24) is 4.90 Å². The molecule has 1 atom stereocenters. The van der Waals surface area contributed by atoms with Crippen molar-refractivity contribution in [3.8, 4) is 6.07 Å². The molecule has 2 nitrogen and oxygen atoms in total. The van der Waals surface area contributed by atoms with Crippen molar-refractivity contribution < 1.29 is 0 Å². The monoisotopic (exact) mass is 308 g/mol. The molecule has 0 aromatic heterocycles. The Kier molecular flexibility index (Phi) is 4.24. The van der Waals surface area contributed by atoms with Crippen molar-refractivity contribution in [2.45, 2.75) is 22.5 Å². The summed E-state index contributed by atoms with van der Waals surface area (Å²) in [4.78, 5) is 3.39. The Morgan fingerprint density at radius 2 is 1.77 bits per heavy atom. The second-order valence-electron chi connectivity index (χ2n) is 6.01. The minimum absolute atomic E-state index is 0.555. The Hall–Kier alpha value is -1.76. The van der Waals surface area contributed by atoms with Gasteiger partial charge in [0.1, 0.15) is 5.41 Å². The summed E-state index contributed by atoms with van der Waals surface area (Å²) < 4.78 is 0. The second-order valence-corrected chi connectivity index (χ2v) is 7.03. The highest BCUT2D eigenvalue weighted by Crippen LogP contribution is 2.46. The Balaban J connectivity index is 2.23. The van der Waals surface area contributed by atoms with Crippen LogP contribution in [-0.4, -0.2) is 25.5 Å². The Morgan fingerprint density at radius 1 is 1.09 bits per heavy atom. The van der Waals surface area contributed by atoms with Crippen LogP contribution in [0.2, 0.25) is 0 Å². The third kappa shape index (κ3) is 2.54. The highest BCUT2D eigenvalue weighted by atomic mass is 32.2. The number of rotatable bonds is 3. The highest BCUT2D eigenvalue weighted by Gasteiger charge is 2.39. The first-order valence-corrected chi connectivity index (χ1v) is 8.52. The van der Waals surface area contributed by atoms with Crippen LogP contribution in [0.15, 0.2) is 53.4 Å². The lowest BCUT2D eigenvalue weighted by molar-refractivity contribution is 0.370. The molecule has 0 bridgehead atoms.